The van der Waals surface area contributed by atoms with Crippen molar-refractivity contribution in [1.82, 2.24) is 15.5 Å². The second-order valence-corrected chi connectivity index (χ2v) is 9.57. The number of nitriles is 1. The minimum Gasteiger partial charge on any atom is -0.490 e. The van der Waals surface area contributed by atoms with E-state index in [1.807, 2.05) is 6.07 Å². The van der Waals surface area contributed by atoms with Gasteiger partial charge in [-0.2, -0.15) is 5.26 Å². The van der Waals surface area contributed by atoms with E-state index in [-0.39, 0.29) is 36.0 Å². The van der Waals surface area contributed by atoms with E-state index in [1.54, 1.807) is 30.3 Å². The van der Waals surface area contributed by atoms with Crippen LogP contribution in [-0.2, 0) is 4.74 Å². The van der Waals surface area contributed by atoms with Crippen LogP contribution in [0.4, 0.5) is 0 Å². The molecule has 36 heavy (non-hydrogen) atoms. The largest absolute Gasteiger partial charge is 0.490 e. The zero-order valence-corrected chi connectivity index (χ0v) is 20.7. The first kappa shape index (κ1) is 25.9. The number of nitrogens with zero attached hydrogens (tertiary/aromatic N) is 3. The number of hydrogen-bond donors (Lipinski definition) is 2. The zero-order valence-electron chi connectivity index (χ0n) is 20.0. The van der Waals surface area contributed by atoms with Crippen molar-refractivity contribution in [2.24, 2.45) is 0 Å². The topological polar surface area (TPSA) is 117 Å². The van der Waals surface area contributed by atoms with E-state index in [2.05, 4.69) is 27.4 Å². The Kier molecular flexibility index (Phi) is 9.13. The van der Waals surface area contributed by atoms with Gasteiger partial charge in [0.25, 0.3) is 5.91 Å². The van der Waals surface area contributed by atoms with Crippen LogP contribution in [0.3, 0.4) is 0 Å². The Hall–Kier alpha value is -3.17. The fraction of sp³-hybridized carbons (Fsp3) is 0.481. The van der Waals surface area contributed by atoms with Gasteiger partial charge in [-0.15, -0.1) is 10.2 Å². The van der Waals surface area contributed by atoms with Crippen LogP contribution in [-0.4, -0.2) is 52.2 Å². The molecule has 2 aliphatic carbocycles. The van der Waals surface area contributed by atoms with Crippen molar-refractivity contribution < 1.29 is 19.4 Å². The minimum absolute atomic E-state index is 0.0356. The lowest BCUT2D eigenvalue weighted by atomic mass is 9.93. The normalized spacial score (nSPS) is 23.6. The average molecular weight is 509 g/mol. The maximum Gasteiger partial charge on any atom is 0.272 e. The van der Waals surface area contributed by atoms with Crippen molar-refractivity contribution in [3.05, 3.63) is 52.3 Å². The summed E-state index contributed by atoms with van der Waals surface area (Å²) in [5.41, 5.74) is 1.16. The molecule has 2 aliphatic rings. The summed E-state index contributed by atoms with van der Waals surface area (Å²) in [4.78, 5) is 12.6. The lowest BCUT2D eigenvalue weighted by Crippen LogP contribution is -2.40. The van der Waals surface area contributed by atoms with Gasteiger partial charge in [-0.25, -0.2) is 0 Å². The summed E-state index contributed by atoms with van der Waals surface area (Å²) in [5.74, 6) is 6.23. The van der Waals surface area contributed by atoms with E-state index < -0.39 is 0 Å². The van der Waals surface area contributed by atoms with Gasteiger partial charge >= 0.3 is 0 Å². The van der Waals surface area contributed by atoms with Crippen molar-refractivity contribution in [2.75, 3.05) is 6.61 Å². The van der Waals surface area contributed by atoms with E-state index in [9.17, 15) is 9.90 Å². The summed E-state index contributed by atoms with van der Waals surface area (Å²) in [5, 5.41) is 30.0. The summed E-state index contributed by atoms with van der Waals surface area (Å²) in [7, 11) is 0. The highest BCUT2D eigenvalue weighted by atomic mass is 35.5. The highest BCUT2D eigenvalue weighted by molar-refractivity contribution is 6.31. The Morgan fingerprint density at radius 1 is 1.06 bits per heavy atom. The molecule has 1 aromatic carbocycles. The number of hydrogen-bond acceptors (Lipinski definition) is 7. The van der Waals surface area contributed by atoms with Gasteiger partial charge in [0, 0.05) is 12.1 Å². The summed E-state index contributed by atoms with van der Waals surface area (Å²) in [6.07, 6.45) is 6.41. The molecule has 1 aromatic heterocycles. The Bertz CT molecular complexity index is 1140. The Labute approximate surface area is 216 Å². The van der Waals surface area contributed by atoms with E-state index in [1.165, 1.54) is 0 Å². The molecule has 0 unspecified atom stereocenters. The first-order valence-electron chi connectivity index (χ1n) is 12.3. The monoisotopic (exact) mass is 508 g/mol. The van der Waals surface area contributed by atoms with Crippen LogP contribution in [0.5, 0.6) is 5.75 Å². The molecule has 4 rings (SSSR count). The van der Waals surface area contributed by atoms with Crippen molar-refractivity contribution in [3.8, 4) is 23.7 Å². The highest BCUT2D eigenvalue weighted by Gasteiger charge is 2.25. The quantitative estimate of drug-likeness (QED) is 0.570. The zero-order chi connectivity index (χ0) is 25.3. The van der Waals surface area contributed by atoms with E-state index in [4.69, 9.17) is 26.3 Å². The van der Waals surface area contributed by atoms with E-state index in [0.717, 1.165) is 51.4 Å². The van der Waals surface area contributed by atoms with Gasteiger partial charge in [0.1, 0.15) is 24.1 Å². The molecule has 1 heterocycles. The molecular weight excluding hydrogens is 480 g/mol. The number of aliphatic hydroxyl groups excluding tert-OH is 1. The minimum atomic E-state index is -0.256. The standard InChI is InChI=1S/C27H29ClN4O4/c28-25-16-24(9-3-18(25)17-29)36-23-10-4-19(5-11-23)30-27(34)26-14-6-20(31-32-26)2-1-15-35-22-12-7-21(33)8-13-22/h3,6,9,14,16,19,21-23,33H,4-5,7-8,10-13,15H2,(H,30,34). The summed E-state index contributed by atoms with van der Waals surface area (Å²) in [6.45, 7) is 0.301. The number of aromatic nitrogens is 2. The molecule has 188 valence electrons. The maximum absolute atomic E-state index is 12.6. The van der Waals surface area contributed by atoms with Gasteiger partial charge in [0.15, 0.2) is 5.69 Å². The summed E-state index contributed by atoms with van der Waals surface area (Å²) < 4.78 is 11.7. The number of carbonyl (C=O) groups is 1. The molecule has 2 aromatic rings. The van der Waals surface area contributed by atoms with Crippen LogP contribution >= 0.6 is 11.6 Å². The number of carbonyl (C=O) groups excluding carboxylic acids is 1. The summed E-state index contributed by atoms with van der Waals surface area (Å²) >= 11 is 6.08. The van der Waals surface area contributed by atoms with Gasteiger partial charge in [-0.05, 0) is 81.6 Å². The second-order valence-electron chi connectivity index (χ2n) is 9.17. The number of aliphatic hydroxyl groups is 1. The second kappa shape index (κ2) is 12.7. The Morgan fingerprint density at radius 3 is 2.47 bits per heavy atom. The smallest absolute Gasteiger partial charge is 0.272 e. The van der Waals surface area contributed by atoms with Gasteiger partial charge < -0.3 is 19.9 Å². The molecule has 0 saturated heterocycles. The molecule has 0 spiro atoms. The third-order valence-corrected chi connectivity index (χ3v) is 6.83. The number of halogens is 1. The van der Waals surface area contributed by atoms with Crippen LogP contribution in [0, 0.1) is 23.2 Å². The number of rotatable bonds is 6. The SMILES string of the molecule is N#Cc1ccc(OC2CCC(NC(=O)c3ccc(C#CCOC4CCC(O)CC4)nn3)CC2)cc1Cl. The van der Waals surface area contributed by atoms with Crippen LogP contribution in [0.1, 0.15) is 73.1 Å². The molecule has 0 atom stereocenters. The van der Waals surface area contributed by atoms with E-state index >= 15 is 0 Å². The number of nitrogens with one attached hydrogen (secondary N) is 1. The van der Waals surface area contributed by atoms with Gasteiger partial charge in [-0.1, -0.05) is 17.5 Å². The molecule has 2 saturated carbocycles. The highest BCUT2D eigenvalue weighted by Crippen LogP contribution is 2.27. The molecule has 2 N–H and O–H groups in total. The third-order valence-electron chi connectivity index (χ3n) is 6.52. The molecule has 0 radical (unpaired) electrons. The molecule has 0 aliphatic heterocycles. The predicted octanol–water partition coefficient (Wildman–Crippen LogP) is 3.79. The first-order valence-corrected chi connectivity index (χ1v) is 12.7. The molecule has 0 bridgehead atoms. The Balaban J connectivity index is 1.18. The number of amides is 1. The van der Waals surface area contributed by atoms with Crippen molar-refractivity contribution in [3.63, 3.8) is 0 Å². The molecular formula is C27H29ClN4O4. The van der Waals surface area contributed by atoms with Gasteiger partial charge in [0.2, 0.25) is 0 Å². The third kappa shape index (κ3) is 7.41. The lowest BCUT2D eigenvalue weighted by Gasteiger charge is -2.29. The lowest BCUT2D eigenvalue weighted by molar-refractivity contribution is 0.0111. The Morgan fingerprint density at radius 2 is 1.81 bits per heavy atom. The molecule has 1 amide bonds. The average Bonchev–Trinajstić information content (AvgIpc) is 2.89. The van der Waals surface area contributed by atoms with Crippen molar-refractivity contribution >= 4 is 17.5 Å². The molecule has 2 fully saturated rings. The maximum atomic E-state index is 12.6. The fourth-order valence-corrected chi connectivity index (χ4v) is 4.67. The fourth-order valence-electron chi connectivity index (χ4n) is 4.45. The van der Waals surface area contributed by atoms with Crippen LogP contribution in [0.25, 0.3) is 0 Å². The summed E-state index contributed by atoms with van der Waals surface area (Å²) in [6, 6.07) is 10.4. The van der Waals surface area contributed by atoms with Crippen LogP contribution in [0.15, 0.2) is 30.3 Å². The van der Waals surface area contributed by atoms with Crippen LogP contribution in [0.2, 0.25) is 5.02 Å². The van der Waals surface area contributed by atoms with Crippen molar-refractivity contribution in [2.45, 2.75) is 75.7 Å². The van der Waals surface area contributed by atoms with E-state index in [0.29, 0.717) is 28.6 Å². The molecule has 9 heteroatoms. The van der Waals surface area contributed by atoms with Gasteiger partial charge in [0.05, 0.1) is 28.9 Å². The number of ether oxygens (including phenoxy) is 2. The van der Waals surface area contributed by atoms with Crippen molar-refractivity contribution in [1.29, 1.82) is 5.26 Å². The molecule has 8 nitrogen and oxygen atoms in total. The first-order chi connectivity index (χ1) is 17.5. The van der Waals surface area contributed by atoms with Gasteiger partial charge in [-0.3, -0.25) is 4.79 Å². The van der Waals surface area contributed by atoms with Crippen LogP contribution < -0.4 is 10.1 Å². The predicted molar refractivity (Wildman–Crippen MR) is 133 cm³/mol. The number of benzene rings is 1.